The summed E-state index contributed by atoms with van der Waals surface area (Å²) in [5.41, 5.74) is 0.943. The highest BCUT2D eigenvalue weighted by molar-refractivity contribution is 7.15. The number of anilines is 1. The molecule has 1 saturated heterocycles. The Kier molecular flexibility index (Phi) is 5.46. The van der Waals surface area contributed by atoms with Gasteiger partial charge in [-0.05, 0) is 31.9 Å². The van der Waals surface area contributed by atoms with Gasteiger partial charge < -0.3 is 9.64 Å². The number of halogens is 3. The Hall–Kier alpha value is -3.55. The predicted octanol–water partition coefficient (Wildman–Crippen LogP) is 2.48. The number of esters is 1. The number of fused-ring (bicyclic) bond motifs is 2. The molecule has 0 saturated carbocycles. The van der Waals surface area contributed by atoms with Crippen molar-refractivity contribution in [3.05, 3.63) is 51.1 Å². The first-order valence-electron chi connectivity index (χ1n) is 10.4. The molecule has 0 bridgehead atoms. The number of hydrogen-bond donors (Lipinski definition) is 0. The number of nitrogens with zero attached hydrogens (tertiary/aromatic N) is 7. The summed E-state index contributed by atoms with van der Waals surface area (Å²) in [4.78, 5) is 31.5. The van der Waals surface area contributed by atoms with Gasteiger partial charge in [-0.2, -0.15) is 17.7 Å². The molecule has 5 heterocycles. The van der Waals surface area contributed by atoms with Gasteiger partial charge in [0, 0.05) is 30.2 Å². The van der Waals surface area contributed by atoms with Crippen LogP contribution in [0, 0.1) is 12.8 Å². The minimum absolute atomic E-state index is 0.00122. The van der Waals surface area contributed by atoms with Gasteiger partial charge in [-0.15, -0.1) is 26.6 Å². The first-order chi connectivity index (χ1) is 16.2. The summed E-state index contributed by atoms with van der Waals surface area (Å²) in [6, 6.07) is 4.35. The normalized spacial score (nSPS) is 15.4. The van der Waals surface area contributed by atoms with E-state index in [1.807, 2.05) is 12.3 Å². The summed E-state index contributed by atoms with van der Waals surface area (Å²) < 4.78 is 46.9. The number of aromatic nitrogens is 6. The molecule has 1 aliphatic rings. The predicted molar refractivity (Wildman–Crippen MR) is 115 cm³/mol. The lowest BCUT2D eigenvalue weighted by Crippen LogP contribution is -2.37. The summed E-state index contributed by atoms with van der Waals surface area (Å²) in [5, 5.41) is 12.6. The van der Waals surface area contributed by atoms with Crippen LogP contribution in [0.3, 0.4) is 0 Å². The van der Waals surface area contributed by atoms with Crippen LogP contribution >= 0.6 is 11.3 Å². The molecule has 0 amide bonds. The summed E-state index contributed by atoms with van der Waals surface area (Å²) in [6.45, 7) is 2.55. The van der Waals surface area contributed by atoms with Crippen molar-refractivity contribution in [3.63, 3.8) is 0 Å². The molecule has 1 aliphatic heterocycles. The number of piperidine rings is 1. The van der Waals surface area contributed by atoms with E-state index in [2.05, 4.69) is 20.3 Å². The molecular formula is C20H18F3N7O3S. The molecule has 0 aliphatic carbocycles. The lowest BCUT2D eigenvalue weighted by molar-refractivity contribution is -0.150. The smallest absolute Gasteiger partial charge is 0.453 e. The van der Waals surface area contributed by atoms with Gasteiger partial charge in [0.1, 0.15) is 12.4 Å². The number of aryl methyl sites for hydroxylation is 1. The minimum atomic E-state index is -4.67. The number of ether oxygens (including phenoxy) is 1. The van der Waals surface area contributed by atoms with Gasteiger partial charge in [0.25, 0.3) is 11.4 Å². The molecule has 5 rings (SSSR count). The number of hydrogen-bond acceptors (Lipinski definition) is 9. The molecule has 4 aromatic rings. The van der Waals surface area contributed by atoms with Crippen LogP contribution in [-0.4, -0.2) is 48.3 Å². The van der Waals surface area contributed by atoms with Gasteiger partial charge in [0.2, 0.25) is 0 Å². The lowest BCUT2D eigenvalue weighted by atomic mass is 9.97. The largest absolute Gasteiger partial charge is 0.459 e. The molecule has 14 heteroatoms. The molecule has 0 aromatic carbocycles. The van der Waals surface area contributed by atoms with E-state index in [1.54, 1.807) is 11.0 Å². The molecule has 0 unspecified atom stereocenters. The maximum atomic E-state index is 13.1. The average molecular weight is 493 g/mol. The molecule has 4 aromatic heterocycles. The van der Waals surface area contributed by atoms with Crippen molar-refractivity contribution in [1.82, 2.24) is 29.2 Å². The Bertz CT molecular complexity index is 1440. The second kappa shape index (κ2) is 8.34. The fraction of sp³-hybridized carbons (Fsp3) is 0.400. The highest BCUT2D eigenvalue weighted by Crippen LogP contribution is 2.29. The zero-order valence-electron chi connectivity index (χ0n) is 17.8. The van der Waals surface area contributed by atoms with E-state index >= 15 is 0 Å². The zero-order chi connectivity index (χ0) is 24.0. The summed E-state index contributed by atoms with van der Waals surface area (Å²) >= 11 is 1.33. The molecule has 10 nitrogen and oxygen atoms in total. The van der Waals surface area contributed by atoms with E-state index in [-0.39, 0.29) is 23.7 Å². The quantitative estimate of drug-likeness (QED) is 0.399. The minimum Gasteiger partial charge on any atom is -0.459 e. The van der Waals surface area contributed by atoms with Gasteiger partial charge in [0.15, 0.2) is 10.6 Å². The molecule has 1 fully saturated rings. The van der Waals surface area contributed by atoms with Crippen LogP contribution in [-0.2, 0) is 22.3 Å². The summed E-state index contributed by atoms with van der Waals surface area (Å²) in [7, 11) is 0. The third-order valence-corrected chi connectivity index (χ3v) is 6.59. The Morgan fingerprint density at radius 2 is 2.00 bits per heavy atom. The highest BCUT2D eigenvalue weighted by atomic mass is 32.1. The number of alkyl halides is 3. The molecule has 178 valence electrons. The Morgan fingerprint density at radius 3 is 2.74 bits per heavy atom. The third kappa shape index (κ3) is 4.08. The first-order valence-corrected chi connectivity index (χ1v) is 11.3. The van der Waals surface area contributed by atoms with E-state index in [4.69, 9.17) is 4.74 Å². The number of carbonyl (C=O) groups is 1. The Balaban J connectivity index is 1.21. The van der Waals surface area contributed by atoms with Crippen molar-refractivity contribution in [1.29, 1.82) is 0 Å². The van der Waals surface area contributed by atoms with Gasteiger partial charge in [0.05, 0.1) is 11.6 Å². The number of carbonyl (C=O) groups excluding carboxylic acids is 1. The monoisotopic (exact) mass is 493 g/mol. The Labute approximate surface area is 193 Å². The fourth-order valence-electron chi connectivity index (χ4n) is 3.91. The van der Waals surface area contributed by atoms with Gasteiger partial charge >= 0.3 is 12.1 Å². The topological polar surface area (TPSA) is 107 Å². The highest BCUT2D eigenvalue weighted by Gasteiger charge is 2.38. The molecule has 0 N–H and O–H groups in total. The zero-order valence-corrected chi connectivity index (χ0v) is 18.6. The maximum Gasteiger partial charge on any atom is 0.453 e. The van der Waals surface area contributed by atoms with Crippen molar-refractivity contribution in [2.24, 2.45) is 5.92 Å². The van der Waals surface area contributed by atoms with Gasteiger partial charge in [-0.3, -0.25) is 14.0 Å². The first kappa shape index (κ1) is 22.3. The summed E-state index contributed by atoms with van der Waals surface area (Å²) in [6.07, 6.45) is -3.77. The van der Waals surface area contributed by atoms with E-state index in [1.165, 1.54) is 27.9 Å². The van der Waals surface area contributed by atoms with Crippen LogP contribution in [0.15, 0.2) is 28.4 Å². The molecule has 0 atom stereocenters. The lowest BCUT2D eigenvalue weighted by Gasteiger charge is -2.31. The van der Waals surface area contributed by atoms with Gasteiger partial charge in [-0.25, -0.2) is 4.98 Å². The van der Waals surface area contributed by atoms with Crippen LogP contribution in [0.1, 0.15) is 30.1 Å². The van der Waals surface area contributed by atoms with E-state index in [0.29, 0.717) is 46.9 Å². The van der Waals surface area contributed by atoms with Crippen molar-refractivity contribution in [2.75, 3.05) is 18.0 Å². The molecular weight excluding hydrogens is 475 g/mol. The van der Waals surface area contributed by atoms with Crippen molar-refractivity contribution in [3.8, 4) is 0 Å². The molecule has 0 spiro atoms. The maximum absolute atomic E-state index is 13.1. The van der Waals surface area contributed by atoms with Crippen LogP contribution in [0.2, 0.25) is 0 Å². The Morgan fingerprint density at radius 1 is 1.24 bits per heavy atom. The number of thiazole rings is 1. The second-order valence-electron chi connectivity index (χ2n) is 7.93. The van der Waals surface area contributed by atoms with E-state index in [0.717, 1.165) is 5.69 Å². The standard InChI is InChI=1S/C20H18F3N7O3S/c1-11-10-34-19-24-13(8-16(31)29(11)19)9-33-17(32)12-4-6-28(7-5-12)15-3-2-14-25-26-18(20(21,22)23)30(14)27-15/h2-3,8,10,12H,4-7,9H2,1H3. The molecule has 34 heavy (non-hydrogen) atoms. The molecule has 0 radical (unpaired) electrons. The van der Waals surface area contributed by atoms with E-state index in [9.17, 15) is 22.8 Å². The summed E-state index contributed by atoms with van der Waals surface area (Å²) in [5.74, 6) is -1.61. The van der Waals surface area contributed by atoms with Crippen LogP contribution in [0.5, 0.6) is 0 Å². The van der Waals surface area contributed by atoms with E-state index < -0.39 is 18.0 Å². The van der Waals surface area contributed by atoms with Crippen LogP contribution < -0.4 is 10.5 Å². The number of rotatable bonds is 4. The SMILES string of the molecule is Cc1csc2nc(COC(=O)C3CCN(c4ccc5nnc(C(F)(F)F)n5n4)CC3)cc(=O)n12. The fourth-order valence-corrected chi connectivity index (χ4v) is 4.80. The van der Waals surface area contributed by atoms with Crippen LogP contribution in [0.4, 0.5) is 19.0 Å². The van der Waals surface area contributed by atoms with Crippen molar-refractivity contribution in [2.45, 2.75) is 32.5 Å². The van der Waals surface area contributed by atoms with Crippen LogP contribution in [0.25, 0.3) is 10.6 Å². The third-order valence-electron chi connectivity index (χ3n) is 5.65. The average Bonchev–Trinajstić information content (AvgIpc) is 3.41. The van der Waals surface area contributed by atoms with Crippen molar-refractivity contribution < 1.29 is 22.7 Å². The second-order valence-corrected chi connectivity index (χ2v) is 8.77. The van der Waals surface area contributed by atoms with Gasteiger partial charge in [-0.1, -0.05) is 0 Å². The van der Waals surface area contributed by atoms with Crippen molar-refractivity contribution >= 4 is 33.7 Å².